The summed E-state index contributed by atoms with van der Waals surface area (Å²) < 4.78 is 0. The standard InChI is InChI=1S/C20H24N2/c1-15-9-10-20-17(12-15)18-13-21-11-5-8-19(18)22(20)14-16-6-3-2-4-7-16/h2-4,6-7,9-10,12,18-19,21H,5,8,11,13-14H2,1H3/t18-,19-/m1/s1. The van der Waals surface area contributed by atoms with Gasteiger partial charge in [0, 0.05) is 30.7 Å². The fraction of sp³-hybridized carbons (Fsp3) is 0.400. The maximum absolute atomic E-state index is 3.64. The Morgan fingerprint density at radius 1 is 1.14 bits per heavy atom. The van der Waals surface area contributed by atoms with Gasteiger partial charge in [-0.2, -0.15) is 0 Å². The Morgan fingerprint density at radius 2 is 2.00 bits per heavy atom. The SMILES string of the molecule is Cc1ccc2c(c1)[C@H]1CNCCC[C@H]1N2Cc1ccccc1. The molecule has 2 atom stereocenters. The molecular weight excluding hydrogens is 268 g/mol. The van der Waals surface area contributed by atoms with Crippen molar-refractivity contribution in [2.75, 3.05) is 18.0 Å². The zero-order valence-electron chi connectivity index (χ0n) is 13.3. The van der Waals surface area contributed by atoms with Gasteiger partial charge < -0.3 is 10.2 Å². The van der Waals surface area contributed by atoms with Crippen molar-refractivity contribution < 1.29 is 0 Å². The van der Waals surface area contributed by atoms with Crippen LogP contribution in [0.3, 0.4) is 0 Å². The molecule has 2 aliphatic heterocycles. The van der Waals surface area contributed by atoms with Crippen molar-refractivity contribution in [1.29, 1.82) is 0 Å². The normalized spacial score (nSPS) is 23.8. The highest BCUT2D eigenvalue weighted by atomic mass is 15.2. The Kier molecular flexibility index (Phi) is 3.63. The van der Waals surface area contributed by atoms with E-state index >= 15 is 0 Å². The van der Waals surface area contributed by atoms with Crippen LogP contribution in [0.15, 0.2) is 48.5 Å². The number of nitrogens with one attached hydrogen (secondary N) is 1. The summed E-state index contributed by atoms with van der Waals surface area (Å²) in [7, 11) is 0. The third kappa shape index (κ3) is 2.42. The molecule has 22 heavy (non-hydrogen) atoms. The van der Waals surface area contributed by atoms with Crippen LogP contribution >= 0.6 is 0 Å². The molecule has 1 N–H and O–H groups in total. The predicted molar refractivity (Wildman–Crippen MR) is 92.4 cm³/mol. The lowest BCUT2D eigenvalue weighted by molar-refractivity contribution is 0.510. The Labute approximate surface area is 133 Å². The van der Waals surface area contributed by atoms with Crippen LogP contribution < -0.4 is 10.2 Å². The monoisotopic (exact) mass is 292 g/mol. The quantitative estimate of drug-likeness (QED) is 0.904. The van der Waals surface area contributed by atoms with Gasteiger partial charge in [0.1, 0.15) is 0 Å². The van der Waals surface area contributed by atoms with Crippen molar-refractivity contribution in [1.82, 2.24) is 5.32 Å². The molecule has 2 heteroatoms. The highest BCUT2D eigenvalue weighted by Crippen LogP contribution is 2.44. The fourth-order valence-corrected chi connectivity index (χ4v) is 4.11. The van der Waals surface area contributed by atoms with E-state index in [0.717, 1.165) is 19.6 Å². The Morgan fingerprint density at radius 3 is 2.86 bits per heavy atom. The molecule has 0 radical (unpaired) electrons. The van der Waals surface area contributed by atoms with E-state index in [-0.39, 0.29) is 0 Å². The number of benzene rings is 2. The highest BCUT2D eigenvalue weighted by molar-refractivity contribution is 5.63. The van der Waals surface area contributed by atoms with Crippen LogP contribution in [0.4, 0.5) is 5.69 Å². The first kappa shape index (κ1) is 13.8. The molecule has 2 aliphatic rings. The van der Waals surface area contributed by atoms with Gasteiger partial charge in [-0.1, -0.05) is 48.0 Å². The Balaban J connectivity index is 1.72. The molecular formula is C20H24N2. The van der Waals surface area contributed by atoms with Crippen molar-refractivity contribution in [2.45, 2.75) is 38.3 Å². The predicted octanol–water partition coefficient (Wildman–Crippen LogP) is 3.85. The number of fused-ring (bicyclic) bond motifs is 3. The van der Waals surface area contributed by atoms with Gasteiger partial charge in [0.25, 0.3) is 0 Å². The molecule has 0 spiro atoms. The molecule has 0 bridgehead atoms. The molecule has 0 saturated carbocycles. The largest absolute Gasteiger partial charge is 0.363 e. The first-order valence-electron chi connectivity index (χ1n) is 8.45. The first-order valence-corrected chi connectivity index (χ1v) is 8.45. The summed E-state index contributed by atoms with van der Waals surface area (Å²) in [6, 6.07) is 18.5. The maximum atomic E-state index is 3.64. The van der Waals surface area contributed by atoms with Crippen LogP contribution in [-0.4, -0.2) is 19.1 Å². The molecule has 2 aromatic carbocycles. The summed E-state index contributed by atoms with van der Waals surface area (Å²) in [5, 5.41) is 3.64. The second-order valence-electron chi connectivity index (χ2n) is 6.70. The van der Waals surface area contributed by atoms with Crippen LogP contribution in [0, 0.1) is 6.92 Å². The number of rotatable bonds is 2. The van der Waals surface area contributed by atoms with Crippen LogP contribution in [0.1, 0.15) is 35.4 Å². The van der Waals surface area contributed by atoms with Gasteiger partial charge in [-0.15, -0.1) is 0 Å². The fourth-order valence-electron chi connectivity index (χ4n) is 4.11. The summed E-state index contributed by atoms with van der Waals surface area (Å²) in [6.07, 6.45) is 2.57. The van der Waals surface area contributed by atoms with Gasteiger partial charge in [0.15, 0.2) is 0 Å². The minimum Gasteiger partial charge on any atom is -0.363 e. The van der Waals surface area contributed by atoms with Gasteiger partial charge in [0.2, 0.25) is 0 Å². The third-order valence-corrected chi connectivity index (χ3v) is 5.17. The van der Waals surface area contributed by atoms with E-state index in [9.17, 15) is 0 Å². The summed E-state index contributed by atoms with van der Waals surface area (Å²) >= 11 is 0. The van der Waals surface area contributed by atoms with Crippen LogP contribution in [0.25, 0.3) is 0 Å². The molecule has 1 fully saturated rings. The molecule has 114 valence electrons. The molecule has 2 heterocycles. The van der Waals surface area contributed by atoms with Gasteiger partial charge >= 0.3 is 0 Å². The Hall–Kier alpha value is -1.80. The summed E-state index contributed by atoms with van der Waals surface area (Å²) in [5.74, 6) is 0.640. The molecule has 1 saturated heterocycles. The van der Waals surface area contributed by atoms with E-state index in [1.165, 1.54) is 29.7 Å². The van der Waals surface area contributed by atoms with Crippen molar-refractivity contribution in [3.05, 3.63) is 65.2 Å². The van der Waals surface area contributed by atoms with Crippen LogP contribution in [0.5, 0.6) is 0 Å². The summed E-state index contributed by atoms with van der Waals surface area (Å²) in [5.41, 5.74) is 5.79. The average Bonchev–Trinajstić information content (AvgIpc) is 2.70. The topological polar surface area (TPSA) is 15.3 Å². The zero-order chi connectivity index (χ0) is 14.9. The van der Waals surface area contributed by atoms with Gasteiger partial charge in [-0.05, 0) is 43.5 Å². The smallest absolute Gasteiger partial charge is 0.0432 e. The van der Waals surface area contributed by atoms with E-state index in [4.69, 9.17) is 0 Å². The van der Waals surface area contributed by atoms with E-state index in [1.807, 2.05) is 0 Å². The van der Waals surface area contributed by atoms with Crippen LogP contribution in [0.2, 0.25) is 0 Å². The number of aryl methyl sites for hydroxylation is 1. The Bertz CT molecular complexity index is 650. The van der Waals surface area contributed by atoms with Crippen molar-refractivity contribution >= 4 is 5.69 Å². The maximum Gasteiger partial charge on any atom is 0.0432 e. The lowest BCUT2D eigenvalue weighted by Gasteiger charge is -2.29. The van der Waals surface area contributed by atoms with E-state index in [2.05, 4.69) is 65.7 Å². The van der Waals surface area contributed by atoms with E-state index in [0.29, 0.717) is 12.0 Å². The number of hydrogen-bond acceptors (Lipinski definition) is 2. The molecule has 0 unspecified atom stereocenters. The van der Waals surface area contributed by atoms with Gasteiger partial charge in [-0.25, -0.2) is 0 Å². The molecule has 0 amide bonds. The molecule has 4 rings (SSSR count). The minimum absolute atomic E-state index is 0.640. The zero-order valence-corrected chi connectivity index (χ0v) is 13.3. The lowest BCUT2D eigenvalue weighted by Crippen LogP contribution is -2.34. The third-order valence-electron chi connectivity index (χ3n) is 5.17. The first-order chi connectivity index (χ1) is 10.8. The second kappa shape index (κ2) is 5.77. The van der Waals surface area contributed by atoms with Crippen LogP contribution in [-0.2, 0) is 6.54 Å². The van der Waals surface area contributed by atoms with Crippen molar-refractivity contribution in [2.24, 2.45) is 0 Å². The van der Waals surface area contributed by atoms with Crippen molar-refractivity contribution in [3.8, 4) is 0 Å². The molecule has 0 aromatic heterocycles. The molecule has 0 aliphatic carbocycles. The summed E-state index contributed by atoms with van der Waals surface area (Å²) in [6.45, 7) is 5.51. The van der Waals surface area contributed by atoms with Gasteiger partial charge in [-0.3, -0.25) is 0 Å². The minimum atomic E-state index is 0.640. The van der Waals surface area contributed by atoms with E-state index in [1.54, 1.807) is 5.56 Å². The highest BCUT2D eigenvalue weighted by Gasteiger charge is 2.38. The van der Waals surface area contributed by atoms with Crippen molar-refractivity contribution in [3.63, 3.8) is 0 Å². The molecule has 2 aromatic rings. The molecule has 2 nitrogen and oxygen atoms in total. The van der Waals surface area contributed by atoms with Gasteiger partial charge in [0.05, 0.1) is 0 Å². The lowest BCUT2D eigenvalue weighted by atomic mass is 9.92. The number of anilines is 1. The number of nitrogens with zero attached hydrogens (tertiary/aromatic N) is 1. The second-order valence-corrected chi connectivity index (χ2v) is 6.70. The average molecular weight is 292 g/mol. The number of hydrogen-bond donors (Lipinski definition) is 1. The van der Waals surface area contributed by atoms with E-state index < -0.39 is 0 Å². The summed E-state index contributed by atoms with van der Waals surface area (Å²) in [4.78, 5) is 2.65.